The second-order valence-electron chi connectivity index (χ2n) is 12.5. The number of hydrogen-bond acceptors (Lipinski definition) is 8. The molecule has 0 saturated heterocycles. The van der Waals surface area contributed by atoms with Crippen molar-refractivity contribution in [2.75, 3.05) is 24.5 Å². The summed E-state index contributed by atoms with van der Waals surface area (Å²) in [4.78, 5) is 37.6. The van der Waals surface area contributed by atoms with Gasteiger partial charge >= 0.3 is 5.97 Å². The molecule has 8 rings (SSSR count). The Kier molecular flexibility index (Phi) is 9.91. The van der Waals surface area contributed by atoms with Crippen LogP contribution in [0.25, 0.3) is 22.3 Å². The number of pyridine rings is 2. The average molecular weight is 697 g/mol. The zero-order valence-corrected chi connectivity index (χ0v) is 29.8. The lowest BCUT2D eigenvalue weighted by molar-refractivity contribution is -0.172. The molecule has 2 unspecified atom stereocenters. The number of anilines is 2. The summed E-state index contributed by atoms with van der Waals surface area (Å²) in [6, 6.07) is 29.6. The molecule has 254 valence electrons. The van der Waals surface area contributed by atoms with Gasteiger partial charge in [-0.15, -0.1) is 12.4 Å². The number of fused-ring (bicyclic) bond motifs is 7. The molecule has 0 saturated carbocycles. The molecule has 0 radical (unpaired) electrons. The second-order valence-corrected chi connectivity index (χ2v) is 13.6. The van der Waals surface area contributed by atoms with Crippen LogP contribution in [0.15, 0.2) is 99.5 Å². The molecule has 5 aromatic rings. The van der Waals surface area contributed by atoms with Gasteiger partial charge in [0.25, 0.3) is 5.56 Å². The topological polar surface area (TPSA) is 87.9 Å². The first-order valence-electron chi connectivity index (χ1n) is 16.7. The van der Waals surface area contributed by atoms with Gasteiger partial charge in [-0.1, -0.05) is 75.0 Å². The number of nitrogens with zero attached hydrogens (tertiary/aromatic N) is 4. The van der Waals surface area contributed by atoms with Crippen LogP contribution < -0.4 is 10.5 Å². The van der Waals surface area contributed by atoms with E-state index in [1.807, 2.05) is 42.1 Å². The van der Waals surface area contributed by atoms with Gasteiger partial charge in [-0.2, -0.15) is 0 Å². The molecule has 2 aromatic heterocycles. The summed E-state index contributed by atoms with van der Waals surface area (Å²) >= 11 is 1.88. The molecule has 0 amide bonds. The number of aliphatic hydroxyl groups is 1. The number of aromatic nitrogens is 2. The molecule has 0 spiro atoms. The average Bonchev–Trinajstić information content (AvgIpc) is 3.47. The van der Waals surface area contributed by atoms with Gasteiger partial charge < -0.3 is 19.3 Å². The number of benzene rings is 3. The lowest BCUT2D eigenvalue weighted by Crippen LogP contribution is -2.44. The van der Waals surface area contributed by atoms with E-state index in [-0.39, 0.29) is 31.0 Å². The van der Waals surface area contributed by atoms with Crippen LogP contribution in [0.4, 0.5) is 11.4 Å². The maximum atomic E-state index is 13.0. The molecular weight excluding hydrogens is 656 g/mol. The van der Waals surface area contributed by atoms with Gasteiger partial charge in [0.1, 0.15) is 6.61 Å². The Morgan fingerprint density at radius 1 is 0.939 bits per heavy atom. The van der Waals surface area contributed by atoms with E-state index in [1.165, 1.54) is 21.2 Å². The van der Waals surface area contributed by atoms with Gasteiger partial charge in [-0.25, -0.2) is 9.78 Å². The van der Waals surface area contributed by atoms with E-state index in [9.17, 15) is 14.7 Å². The SMILES string of the molecule is CCC1(O)C(=O)OCc2c1cc1n(c2=O)Cc2cc3ccccc3nc2-1.CCN(CC)C(C)CN1c2ccccc2Sc2ccccc21.Cl. The minimum Gasteiger partial charge on any atom is -0.458 e. The van der Waals surface area contributed by atoms with Gasteiger partial charge in [0, 0.05) is 38.9 Å². The summed E-state index contributed by atoms with van der Waals surface area (Å²) in [6.07, 6.45) is 0.139. The standard InChI is InChI=1S/C20H16N2O4.C19H24N2S.ClH/c1-2-20(25)14-8-16-17-12(7-11-5-3-4-6-15(11)21-17)9-22(16)18(23)13(14)10-26-19(20)24;1-4-20(5-2)15(3)14-21-16-10-6-8-12-18(16)22-19-13-9-7-11-17(19)21;/h3-8,25H,2,9-10H2,1H3;6-13,15H,4-5,14H2,1-3H3;1H. The van der Waals surface area contributed by atoms with Crippen LogP contribution in [-0.2, 0) is 28.3 Å². The summed E-state index contributed by atoms with van der Waals surface area (Å²) in [5.41, 5.74) is 4.49. The number of ether oxygens (including phenoxy) is 1. The number of rotatable bonds is 6. The molecule has 3 aliphatic heterocycles. The fraction of sp³-hybridized carbons (Fsp3) is 0.308. The van der Waals surface area contributed by atoms with E-state index in [0.29, 0.717) is 29.4 Å². The number of halogens is 1. The molecule has 49 heavy (non-hydrogen) atoms. The quantitative estimate of drug-likeness (QED) is 0.179. The van der Waals surface area contributed by atoms with Crippen molar-refractivity contribution in [2.45, 2.75) is 68.7 Å². The van der Waals surface area contributed by atoms with Crippen molar-refractivity contribution in [3.05, 3.63) is 112 Å². The van der Waals surface area contributed by atoms with E-state index < -0.39 is 11.6 Å². The zero-order chi connectivity index (χ0) is 33.6. The highest BCUT2D eigenvalue weighted by Gasteiger charge is 2.45. The van der Waals surface area contributed by atoms with E-state index in [4.69, 9.17) is 9.72 Å². The highest BCUT2D eigenvalue weighted by molar-refractivity contribution is 7.99. The lowest BCUT2D eigenvalue weighted by atomic mass is 9.86. The maximum Gasteiger partial charge on any atom is 0.343 e. The summed E-state index contributed by atoms with van der Waals surface area (Å²) in [7, 11) is 0. The van der Waals surface area contributed by atoms with Crippen molar-refractivity contribution in [1.82, 2.24) is 14.5 Å². The van der Waals surface area contributed by atoms with Crippen LogP contribution in [-0.4, -0.2) is 51.2 Å². The molecule has 0 bridgehead atoms. The van der Waals surface area contributed by atoms with Crippen molar-refractivity contribution < 1.29 is 14.6 Å². The smallest absolute Gasteiger partial charge is 0.343 e. The molecule has 8 nitrogen and oxygen atoms in total. The van der Waals surface area contributed by atoms with Crippen LogP contribution in [0.2, 0.25) is 0 Å². The Morgan fingerprint density at radius 3 is 2.22 bits per heavy atom. The van der Waals surface area contributed by atoms with Gasteiger partial charge in [0.05, 0.1) is 40.4 Å². The Bertz CT molecular complexity index is 2050. The first-order valence-corrected chi connectivity index (χ1v) is 17.5. The minimum atomic E-state index is -1.79. The molecule has 3 aromatic carbocycles. The number of hydrogen-bond donors (Lipinski definition) is 1. The fourth-order valence-corrected chi connectivity index (χ4v) is 8.23. The Morgan fingerprint density at radius 2 is 1.57 bits per heavy atom. The number of cyclic esters (lactones) is 1. The van der Waals surface area contributed by atoms with E-state index in [2.05, 4.69) is 79.1 Å². The largest absolute Gasteiger partial charge is 0.458 e. The van der Waals surface area contributed by atoms with Crippen molar-refractivity contribution >= 4 is 52.4 Å². The van der Waals surface area contributed by atoms with Crippen LogP contribution in [0.1, 0.15) is 50.8 Å². The number of esters is 1. The van der Waals surface area contributed by atoms with Crippen LogP contribution >= 0.6 is 24.2 Å². The Hall–Kier alpha value is -4.15. The Labute approximate surface area is 297 Å². The van der Waals surface area contributed by atoms with Crippen LogP contribution in [0, 0.1) is 0 Å². The third-order valence-electron chi connectivity index (χ3n) is 9.83. The molecule has 3 aliphatic rings. The number of likely N-dealkylation sites (N-methyl/N-ethyl adjacent to an activating group) is 1. The number of carbonyl (C=O) groups excluding carboxylic acids is 1. The summed E-state index contributed by atoms with van der Waals surface area (Å²) in [5.74, 6) is -0.707. The minimum absolute atomic E-state index is 0. The zero-order valence-electron chi connectivity index (χ0n) is 28.2. The van der Waals surface area contributed by atoms with E-state index >= 15 is 0 Å². The maximum absolute atomic E-state index is 13.0. The molecule has 2 atom stereocenters. The summed E-state index contributed by atoms with van der Waals surface area (Å²) < 4.78 is 6.72. The molecule has 10 heteroatoms. The van der Waals surface area contributed by atoms with Crippen molar-refractivity contribution in [1.29, 1.82) is 0 Å². The predicted octanol–water partition coefficient (Wildman–Crippen LogP) is 7.52. The van der Waals surface area contributed by atoms with Crippen molar-refractivity contribution in [3.8, 4) is 11.4 Å². The van der Waals surface area contributed by atoms with Crippen molar-refractivity contribution in [2.24, 2.45) is 0 Å². The summed E-state index contributed by atoms with van der Waals surface area (Å²) in [6.45, 7) is 12.1. The van der Waals surface area contributed by atoms with Gasteiger partial charge in [-0.3, -0.25) is 9.69 Å². The van der Waals surface area contributed by atoms with Crippen LogP contribution in [0.5, 0.6) is 0 Å². The second kappa shape index (κ2) is 14.0. The van der Waals surface area contributed by atoms with E-state index in [1.54, 1.807) is 17.6 Å². The number of carbonyl (C=O) groups is 1. The van der Waals surface area contributed by atoms with Gasteiger partial charge in [-0.05, 0) is 68.9 Å². The fourth-order valence-electron chi connectivity index (χ4n) is 7.13. The highest BCUT2D eigenvalue weighted by Crippen LogP contribution is 2.48. The third-order valence-corrected chi connectivity index (χ3v) is 11.0. The lowest BCUT2D eigenvalue weighted by Gasteiger charge is -2.37. The van der Waals surface area contributed by atoms with Crippen molar-refractivity contribution in [3.63, 3.8) is 0 Å². The predicted molar refractivity (Wildman–Crippen MR) is 198 cm³/mol. The third kappa shape index (κ3) is 6.03. The molecule has 0 aliphatic carbocycles. The normalized spacial score (nSPS) is 17.4. The molecule has 1 N–H and O–H groups in total. The first kappa shape index (κ1) is 34.7. The monoisotopic (exact) mass is 696 g/mol. The Balaban J connectivity index is 0.000000169. The van der Waals surface area contributed by atoms with E-state index in [0.717, 1.165) is 41.8 Å². The van der Waals surface area contributed by atoms with Gasteiger partial charge in [0.15, 0.2) is 5.60 Å². The molecule has 0 fully saturated rings. The summed E-state index contributed by atoms with van der Waals surface area (Å²) in [5, 5.41) is 11.8. The van der Waals surface area contributed by atoms with Gasteiger partial charge in [0.2, 0.25) is 0 Å². The molecule has 5 heterocycles. The van der Waals surface area contributed by atoms with Crippen LogP contribution in [0.3, 0.4) is 0 Å². The highest BCUT2D eigenvalue weighted by atomic mass is 35.5. The first-order chi connectivity index (χ1) is 23.3. The molecular formula is C39H41ClN4O4S. The number of para-hydroxylation sites is 3.